The zero-order valence-corrected chi connectivity index (χ0v) is 10.5. The van der Waals surface area contributed by atoms with Crippen molar-refractivity contribution in [1.29, 1.82) is 0 Å². The highest BCUT2D eigenvalue weighted by Crippen LogP contribution is 2.21. The molecule has 0 aliphatic rings. The van der Waals surface area contributed by atoms with E-state index in [-0.39, 0.29) is 11.4 Å². The smallest absolute Gasteiger partial charge is 0.311 e. The molecule has 2 heteroatoms. The van der Waals surface area contributed by atoms with E-state index in [1.807, 2.05) is 31.2 Å². The molecule has 1 aromatic carbocycles. The van der Waals surface area contributed by atoms with Gasteiger partial charge in [0.1, 0.15) is 5.75 Å². The number of esters is 1. The fourth-order valence-electron chi connectivity index (χ4n) is 1.27. The minimum absolute atomic E-state index is 0.154. The van der Waals surface area contributed by atoms with Crippen molar-refractivity contribution in [3.05, 3.63) is 29.8 Å². The molecule has 0 aromatic heterocycles. The van der Waals surface area contributed by atoms with E-state index < -0.39 is 0 Å². The number of benzene rings is 1. The summed E-state index contributed by atoms with van der Waals surface area (Å²) in [6.45, 7) is 8.36. The summed E-state index contributed by atoms with van der Waals surface area (Å²) in [7, 11) is 0. The lowest BCUT2D eigenvalue weighted by Crippen LogP contribution is -2.13. The van der Waals surface area contributed by atoms with Gasteiger partial charge in [-0.1, -0.05) is 38.5 Å². The average molecular weight is 220 g/mol. The maximum atomic E-state index is 11.5. The fourth-order valence-corrected chi connectivity index (χ4v) is 1.27. The first-order chi connectivity index (χ1) is 7.37. The average Bonchev–Trinajstić information content (AvgIpc) is 2.18. The largest absolute Gasteiger partial charge is 0.427 e. The zero-order chi connectivity index (χ0) is 12.2. The molecule has 0 unspecified atom stereocenters. The van der Waals surface area contributed by atoms with Crippen molar-refractivity contribution in [2.75, 3.05) is 0 Å². The van der Waals surface area contributed by atoms with Gasteiger partial charge in [0, 0.05) is 6.42 Å². The molecule has 0 N–H and O–H groups in total. The van der Waals surface area contributed by atoms with Gasteiger partial charge in [0.2, 0.25) is 0 Å². The SMILES string of the molecule is Cc1ccc(OC(=O)CCC(C)(C)C)cc1. The van der Waals surface area contributed by atoms with Crippen LogP contribution in [-0.4, -0.2) is 5.97 Å². The van der Waals surface area contributed by atoms with Gasteiger partial charge in [0.15, 0.2) is 0 Å². The predicted octanol–water partition coefficient (Wildman–Crippen LogP) is 3.73. The molecule has 0 saturated carbocycles. The van der Waals surface area contributed by atoms with Crippen molar-refractivity contribution >= 4 is 5.97 Å². The van der Waals surface area contributed by atoms with Crippen molar-refractivity contribution in [3.8, 4) is 5.75 Å². The third kappa shape index (κ3) is 4.96. The Labute approximate surface area is 97.6 Å². The molecule has 0 amide bonds. The van der Waals surface area contributed by atoms with Crippen LogP contribution in [0.5, 0.6) is 5.75 Å². The molecular formula is C14H20O2. The fraction of sp³-hybridized carbons (Fsp3) is 0.500. The van der Waals surface area contributed by atoms with Crippen LogP contribution in [-0.2, 0) is 4.79 Å². The Kier molecular flexibility index (Phi) is 4.11. The number of aryl methyl sites for hydroxylation is 1. The van der Waals surface area contributed by atoms with Gasteiger partial charge in [0.05, 0.1) is 0 Å². The number of carbonyl (C=O) groups is 1. The Hall–Kier alpha value is -1.31. The van der Waals surface area contributed by atoms with Crippen LogP contribution in [0.1, 0.15) is 39.2 Å². The van der Waals surface area contributed by atoms with E-state index >= 15 is 0 Å². The van der Waals surface area contributed by atoms with Crippen molar-refractivity contribution < 1.29 is 9.53 Å². The minimum atomic E-state index is -0.154. The Bertz CT molecular complexity index is 344. The number of carbonyl (C=O) groups excluding carboxylic acids is 1. The Morgan fingerprint density at radius 2 is 1.75 bits per heavy atom. The lowest BCUT2D eigenvalue weighted by molar-refractivity contribution is -0.134. The maximum absolute atomic E-state index is 11.5. The first kappa shape index (κ1) is 12.8. The third-order valence-corrected chi connectivity index (χ3v) is 2.33. The molecule has 0 bridgehead atoms. The standard InChI is InChI=1S/C14H20O2/c1-11-5-7-12(8-6-11)16-13(15)9-10-14(2,3)4/h5-8H,9-10H2,1-4H3. The molecule has 0 aliphatic heterocycles. The van der Waals surface area contributed by atoms with E-state index in [1.165, 1.54) is 0 Å². The minimum Gasteiger partial charge on any atom is -0.427 e. The summed E-state index contributed by atoms with van der Waals surface area (Å²) in [5.41, 5.74) is 1.33. The lowest BCUT2D eigenvalue weighted by atomic mass is 9.91. The molecule has 0 atom stereocenters. The Morgan fingerprint density at radius 1 is 1.19 bits per heavy atom. The molecule has 0 fully saturated rings. The number of hydrogen-bond acceptors (Lipinski definition) is 2. The van der Waals surface area contributed by atoms with Gasteiger partial charge in [-0.2, -0.15) is 0 Å². The second kappa shape index (κ2) is 5.15. The lowest BCUT2D eigenvalue weighted by Gasteiger charge is -2.16. The quantitative estimate of drug-likeness (QED) is 0.573. The van der Waals surface area contributed by atoms with E-state index in [1.54, 1.807) is 0 Å². The van der Waals surface area contributed by atoms with Crippen LogP contribution in [0, 0.1) is 12.3 Å². The molecule has 0 heterocycles. The molecule has 0 spiro atoms. The van der Waals surface area contributed by atoms with Crippen LogP contribution in [0.4, 0.5) is 0 Å². The van der Waals surface area contributed by atoms with Crippen LogP contribution in [0.3, 0.4) is 0 Å². The molecule has 0 aliphatic carbocycles. The summed E-state index contributed by atoms with van der Waals surface area (Å²) in [5, 5.41) is 0. The van der Waals surface area contributed by atoms with Gasteiger partial charge in [-0.15, -0.1) is 0 Å². The van der Waals surface area contributed by atoms with Crippen molar-refractivity contribution in [2.24, 2.45) is 5.41 Å². The van der Waals surface area contributed by atoms with E-state index in [0.717, 1.165) is 12.0 Å². The van der Waals surface area contributed by atoms with Crippen LogP contribution < -0.4 is 4.74 Å². The molecule has 0 saturated heterocycles. The van der Waals surface area contributed by atoms with Crippen LogP contribution in [0.2, 0.25) is 0 Å². The summed E-state index contributed by atoms with van der Waals surface area (Å²) in [5.74, 6) is 0.475. The summed E-state index contributed by atoms with van der Waals surface area (Å²) >= 11 is 0. The second-order valence-electron chi connectivity index (χ2n) is 5.35. The van der Waals surface area contributed by atoms with Gasteiger partial charge < -0.3 is 4.74 Å². The molecular weight excluding hydrogens is 200 g/mol. The highest BCUT2D eigenvalue weighted by atomic mass is 16.5. The molecule has 0 radical (unpaired) electrons. The van der Waals surface area contributed by atoms with Crippen molar-refractivity contribution in [1.82, 2.24) is 0 Å². The summed E-state index contributed by atoms with van der Waals surface area (Å²) < 4.78 is 5.23. The second-order valence-corrected chi connectivity index (χ2v) is 5.35. The van der Waals surface area contributed by atoms with Gasteiger partial charge in [-0.25, -0.2) is 0 Å². The topological polar surface area (TPSA) is 26.3 Å². The predicted molar refractivity (Wildman–Crippen MR) is 65.5 cm³/mol. The van der Waals surface area contributed by atoms with Gasteiger partial charge >= 0.3 is 5.97 Å². The van der Waals surface area contributed by atoms with Crippen LogP contribution >= 0.6 is 0 Å². The van der Waals surface area contributed by atoms with E-state index in [2.05, 4.69) is 20.8 Å². The summed E-state index contributed by atoms with van der Waals surface area (Å²) in [6.07, 6.45) is 1.31. The first-order valence-electron chi connectivity index (χ1n) is 5.64. The van der Waals surface area contributed by atoms with Gasteiger partial charge in [-0.05, 0) is 30.9 Å². The number of hydrogen-bond donors (Lipinski definition) is 0. The Balaban J connectivity index is 2.43. The molecule has 16 heavy (non-hydrogen) atoms. The monoisotopic (exact) mass is 220 g/mol. The van der Waals surface area contributed by atoms with Crippen molar-refractivity contribution in [3.63, 3.8) is 0 Å². The van der Waals surface area contributed by atoms with Crippen LogP contribution in [0.15, 0.2) is 24.3 Å². The Morgan fingerprint density at radius 3 is 2.25 bits per heavy atom. The molecule has 2 nitrogen and oxygen atoms in total. The van der Waals surface area contributed by atoms with Crippen molar-refractivity contribution in [2.45, 2.75) is 40.5 Å². The highest BCUT2D eigenvalue weighted by Gasteiger charge is 2.13. The van der Waals surface area contributed by atoms with E-state index in [0.29, 0.717) is 12.2 Å². The van der Waals surface area contributed by atoms with Gasteiger partial charge in [-0.3, -0.25) is 4.79 Å². The number of rotatable bonds is 3. The summed E-state index contributed by atoms with van der Waals surface area (Å²) in [4.78, 5) is 11.5. The number of ether oxygens (including phenoxy) is 1. The molecule has 88 valence electrons. The summed E-state index contributed by atoms with van der Waals surface area (Å²) in [6, 6.07) is 7.52. The van der Waals surface area contributed by atoms with E-state index in [9.17, 15) is 4.79 Å². The third-order valence-electron chi connectivity index (χ3n) is 2.33. The molecule has 1 aromatic rings. The zero-order valence-electron chi connectivity index (χ0n) is 10.5. The molecule has 1 rings (SSSR count). The van der Waals surface area contributed by atoms with E-state index in [4.69, 9.17) is 4.74 Å². The normalized spacial score (nSPS) is 11.2. The van der Waals surface area contributed by atoms with Crippen LogP contribution in [0.25, 0.3) is 0 Å². The van der Waals surface area contributed by atoms with Gasteiger partial charge in [0.25, 0.3) is 0 Å². The first-order valence-corrected chi connectivity index (χ1v) is 5.64. The highest BCUT2D eigenvalue weighted by molar-refractivity contribution is 5.72. The maximum Gasteiger partial charge on any atom is 0.311 e.